The fraction of sp³-hybridized carbons (Fsp3) is 0.500. The highest BCUT2D eigenvalue weighted by Gasteiger charge is 2.36. The van der Waals surface area contributed by atoms with Crippen LogP contribution in [0.1, 0.15) is 31.8 Å². The van der Waals surface area contributed by atoms with E-state index < -0.39 is 11.4 Å². The average Bonchev–Trinajstić information content (AvgIpc) is 2.50. The second kappa shape index (κ2) is 3.24. The summed E-state index contributed by atoms with van der Waals surface area (Å²) in [6.45, 7) is 5.32. The largest absolute Gasteiger partial charge is 0.480 e. The maximum absolute atomic E-state index is 11.0. The molecule has 0 bridgehead atoms. The van der Waals surface area contributed by atoms with Crippen molar-refractivity contribution < 1.29 is 14.3 Å². The van der Waals surface area contributed by atoms with Crippen LogP contribution in [0.2, 0.25) is 0 Å². The Balaban J connectivity index is 3.09. The minimum absolute atomic E-state index is 0.523. The van der Waals surface area contributed by atoms with Gasteiger partial charge >= 0.3 is 5.97 Å². The first-order chi connectivity index (χ1) is 6.00. The quantitative estimate of drug-likeness (QED) is 0.780. The van der Waals surface area contributed by atoms with E-state index in [2.05, 4.69) is 0 Å². The number of hydrogen-bond donors (Lipinski definition) is 1. The van der Waals surface area contributed by atoms with E-state index in [1.54, 1.807) is 26.0 Å². The van der Waals surface area contributed by atoms with E-state index in [9.17, 15) is 4.79 Å². The van der Waals surface area contributed by atoms with Gasteiger partial charge in [0, 0.05) is 0 Å². The number of carboxylic acid groups (broad SMARTS) is 1. The SMILES string of the molecule is CCC(C)(C(=O)O)c1ccc(C)o1. The van der Waals surface area contributed by atoms with Crippen LogP contribution in [0, 0.1) is 6.92 Å². The number of aryl methyl sites for hydroxylation is 1. The molecule has 0 saturated heterocycles. The number of aliphatic carboxylic acids is 1. The summed E-state index contributed by atoms with van der Waals surface area (Å²) in [6.07, 6.45) is 0.523. The summed E-state index contributed by atoms with van der Waals surface area (Å²) < 4.78 is 5.32. The Kier molecular flexibility index (Phi) is 2.45. The van der Waals surface area contributed by atoms with E-state index >= 15 is 0 Å². The van der Waals surface area contributed by atoms with Crippen LogP contribution in [0.25, 0.3) is 0 Å². The third-order valence-corrected chi connectivity index (χ3v) is 2.46. The molecule has 0 saturated carbocycles. The molecule has 1 heterocycles. The summed E-state index contributed by atoms with van der Waals surface area (Å²) in [5.74, 6) is 0.431. The van der Waals surface area contributed by atoms with Crippen LogP contribution in [0.3, 0.4) is 0 Å². The van der Waals surface area contributed by atoms with E-state index in [1.165, 1.54) is 0 Å². The monoisotopic (exact) mass is 182 g/mol. The highest BCUT2D eigenvalue weighted by molar-refractivity contribution is 5.79. The molecule has 0 fully saturated rings. The van der Waals surface area contributed by atoms with Gasteiger partial charge in [0.25, 0.3) is 0 Å². The molecule has 0 aromatic carbocycles. The molecular formula is C10H14O3. The molecule has 1 atom stereocenters. The molecule has 0 spiro atoms. The molecule has 3 nitrogen and oxygen atoms in total. The van der Waals surface area contributed by atoms with Crippen molar-refractivity contribution in [3.8, 4) is 0 Å². The zero-order valence-corrected chi connectivity index (χ0v) is 8.13. The number of rotatable bonds is 3. The molecule has 13 heavy (non-hydrogen) atoms. The lowest BCUT2D eigenvalue weighted by Gasteiger charge is -2.19. The Morgan fingerprint density at radius 1 is 1.62 bits per heavy atom. The van der Waals surface area contributed by atoms with Crippen molar-refractivity contribution >= 4 is 5.97 Å². The van der Waals surface area contributed by atoms with Gasteiger partial charge in [0.15, 0.2) is 0 Å². The van der Waals surface area contributed by atoms with Gasteiger partial charge in [-0.05, 0) is 32.4 Å². The van der Waals surface area contributed by atoms with Gasteiger partial charge in [0.2, 0.25) is 0 Å². The number of carboxylic acids is 1. The molecule has 1 unspecified atom stereocenters. The Hall–Kier alpha value is -1.25. The summed E-state index contributed by atoms with van der Waals surface area (Å²) in [6, 6.07) is 3.51. The van der Waals surface area contributed by atoms with Gasteiger partial charge in [-0.1, -0.05) is 6.92 Å². The second-order valence-corrected chi connectivity index (χ2v) is 3.40. The summed E-state index contributed by atoms with van der Waals surface area (Å²) >= 11 is 0. The minimum atomic E-state index is -0.895. The molecule has 1 N–H and O–H groups in total. The molecule has 0 aliphatic rings. The average molecular weight is 182 g/mol. The smallest absolute Gasteiger partial charge is 0.317 e. The number of carbonyl (C=O) groups is 1. The van der Waals surface area contributed by atoms with E-state index in [0.29, 0.717) is 12.2 Å². The van der Waals surface area contributed by atoms with Gasteiger partial charge in [-0.2, -0.15) is 0 Å². The van der Waals surface area contributed by atoms with Gasteiger partial charge < -0.3 is 9.52 Å². The molecule has 72 valence electrons. The third kappa shape index (κ3) is 1.59. The minimum Gasteiger partial charge on any atom is -0.480 e. The molecule has 0 amide bonds. The Bertz CT molecular complexity index is 314. The first-order valence-corrected chi connectivity index (χ1v) is 4.31. The van der Waals surface area contributed by atoms with Crippen LogP contribution >= 0.6 is 0 Å². The van der Waals surface area contributed by atoms with Crippen LogP contribution in [0.5, 0.6) is 0 Å². The molecule has 3 heteroatoms. The van der Waals surface area contributed by atoms with Crippen LogP contribution in [-0.2, 0) is 10.2 Å². The summed E-state index contributed by atoms with van der Waals surface area (Å²) in [4.78, 5) is 11.0. The topological polar surface area (TPSA) is 50.4 Å². The fourth-order valence-corrected chi connectivity index (χ4v) is 1.16. The number of furan rings is 1. The van der Waals surface area contributed by atoms with Crippen LogP contribution in [0.15, 0.2) is 16.5 Å². The first-order valence-electron chi connectivity index (χ1n) is 4.31. The third-order valence-electron chi connectivity index (χ3n) is 2.46. The Morgan fingerprint density at radius 2 is 2.23 bits per heavy atom. The zero-order chi connectivity index (χ0) is 10.1. The standard InChI is InChI=1S/C10H14O3/c1-4-10(3,9(11)12)8-6-5-7(2)13-8/h5-6H,4H2,1-3H3,(H,11,12). The lowest BCUT2D eigenvalue weighted by molar-refractivity contribution is -0.144. The maximum atomic E-state index is 11.0. The second-order valence-electron chi connectivity index (χ2n) is 3.40. The molecule has 1 aromatic rings. The summed E-state index contributed by atoms with van der Waals surface area (Å²) in [5.41, 5.74) is -0.895. The van der Waals surface area contributed by atoms with Gasteiger partial charge in [-0.15, -0.1) is 0 Å². The lowest BCUT2D eigenvalue weighted by Crippen LogP contribution is -2.30. The van der Waals surface area contributed by atoms with E-state index in [1.807, 2.05) is 6.92 Å². The maximum Gasteiger partial charge on any atom is 0.317 e. The molecule has 0 aliphatic heterocycles. The van der Waals surface area contributed by atoms with Gasteiger partial charge in [-0.25, -0.2) is 0 Å². The normalized spacial score (nSPS) is 15.3. The highest BCUT2D eigenvalue weighted by atomic mass is 16.4. The highest BCUT2D eigenvalue weighted by Crippen LogP contribution is 2.29. The molecular weight excluding hydrogens is 168 g/mol. The van der Waals surface area contributed by atoms with Gasteiger partial charge in [0.05, 0.1) is 0 Å². The lowest BCUT2D eigenvalue weighted by atomic mass is 9.85. The van der Waals surface area contributed by atoms with Crippen molar-refractivity contribution in [3.05, 3.63) is 23.7 Å². The Morgan fingerprint density at radius 3 is 2.54 bits per heavy atom. The Labute approximate surface area is 77.4 Å². The van der Waals surface area contributed by atoms with Crippen molar-refractivity contribution in [2.24, 2.45) is 0 Å². The van der Waals surface area contributed by atoms with Gasteiger partial charge in [0.1, 0.15) is 16.9 Å². The van der Waals surface area contributed by atoms with Crippen molar-refractivity contribution in [2.45, 2.75) is 32.6 Å². The molecule has 1 rings (SSSR count). The molecule has 0 radical (unpaired) electrons. The zero-order valence-electron chi connectivity index (χ0n) is 8.13. The van der Waals surface area contributed by atoms with Crippen molar-refractivity contribution in [1.82, 2.24) is 0 Å². The van der Waals surface area contributed by atoms with Gasteiger partial charge in [-0.3, -0.25) is 4.79 Å². The van der Waals surface area contributed by atoms with E-state index in [0.717, 1.165) is 5.76 Å². The molecule has 1 aromatic heterocycles. The molecule has 0 aliphatic carbocycles. The van der Waals surface area contributed by atoms with Crippen molar-refractivity contribution in [3.63, 3.8) is 0 Å². The van der Waals surface area contributed by atoms with Crippen molar-refractivity contribution in [1.29, 1.82) is 0 Å². The predicted octanol–water partition coefficient (Wildman–Crippen LogP) is 2.34. The fourth-order valence-electron chi connectivity index (χ4n) is 1.16. The van der Waals surface area contributed by atoms with Crippen molar-refractivity contribution in [2.75, 3.05) is 0 Å². The number of hydrogen-bond acceptors (Lipinski definition) is 2. The first kappa shape index (κ1) is 9.84. The van der Waals surface area contributed by atoms with E-state index in [-0.39, 0.29) is 0 Å². The van der Waals surface area contributed by atoms with Crippen LogP contribution < -0.4 is 0 Å². The van der Waals surface area contributed by atoms with Crippen LogP contribution in [0.4, 0.5) is 0 Å². The summed E-state index contributed by atoms with van der Waals surface area (Å²) in [5, 5.41) is 9.04. The van der Waals surface area contributed by atoms with Crippen LogP contribution in [-0.4, -0.2) is 11.1 Å². The van der Waals surface area contributed by atoms with E-state index in [4.69, 9.17) is 9.52 Å². The predicted molar refractivity (Wildman–Crippen MR) is 48.7 cm³/mol. The summed E-state index contributed by atoms with van der Waals surface area (Å²) in [7, 11) is 0.